The monoisotopic (exact) mass is 238 g/mol. The van der Waals surface area contributed by atoms with E-state index in [0.717, 1.165) is 19.1 Å². The molecule has 1 unspecified atom stereocenters. The molecule has 1 aromatic heterocycles. The molecule has 1 saturated heterocycles. The Hall–Kier alpha value is -0.380. The highest BCUT2D eigenvalue weighted by molar-refractivity contribution is 7.10. The lowest BCUT2D eigenvalue weighted by Crippen LogP contribution is -2.36. The first-order valence-electron chi connectivity index (χ1n) is 6.33. The van der Waals surface area contributed by atoms with Crippen LogP contribution in [0.4, 0.5) is 0 Å². The molecule has 0 aliphatic carbocycles. The second-order valence-electron chi connectivity index (χ2n) is 4.64. The molecule has 1 aromatic rings. The molecule has 1 atom stereocenters. The SMILES string of the molecule is Cc1ccsc1CNCCC1CCCCN1. The zero-order chi connectivity index (χ0) is 11.2. The van der Waals surface area contributed by atoms with E-state index in [1.54, 1.807) is 0 Å². The van der Waals surface area contributed by atoms with Crippen molar-refractivity contribution in [2.75, 3.05) is 13.1 Å². The summed E-state index contributed by atoms with van der Waals surface area (Å²) in [6.45, 7) is 5.58. The van der Waals surface area contributed by atoms with Gasteiger partial charge in [0.05, 0.1) is 0 Å². The summed E-state index contributed by atoms with van der Waals surface area (Å²) in [5.41, 5.74) is 1.42. The number of hydrogen-bond donors (Lipinski definition) is 2. The first-order valence-corrected chi connectivity index (χ1v) is 7.21. The molecule has 3 heteroatoms. The zero-order valence-corrected chi connectivity index (χ0v) is 10.9. The van der Waals surface area contributed by atoms with Gasteiger partial charge in [-0.15, -0.1) is 11.3 Å². The van der Waals surface area contributed by atoms with Gasteiger partial charge in [0.15, 0.2) is 0 Å². The number of aryl methyl sites for hydroxylation is 1. The summed E-state index contributed by atoms with van der Waals surface area (Å²) < 4.78 is 0. The summed E-state index contributed by atoms with van der Waals surface area (Å²) in [5.74, 6) is 0. The average molecular weight is 238 g/mol. The van der Waals surface area contributed by atoms with Crippen molar-refractivity contribution in [1.29, 1.82) is 0 Å². The first kappa shape index (κ1) is 12.1. The van der Waals surface area contributed by atoms with E-state index >= 15 is 0 Å². The number of rotatable bonds is 5. The maximum atomic E-state index is 3.59. The molecule has 2 N–H and O–H groups in total. The minimum atomic E-state index is 0.755. The van der Waals surface area contributed by atoms with E-state index in [1.807, 2.05) is 11.3 Å². The van der Waals surface area contributed by atoms with Crippen molar-refractivity contribution in [1.82, 2.24) is 10.6 Å². The molecule has 0 spiro atoms. The first-order chi connectivity index (χ1) is 7.86. The third-order valence-electron chi connectivity index (χ3n) is 3.34. The quantitative estimate of drug-likeness (QED) is 0.771. The summed E-state index contributed by atoms with van der Waals surface area (Å²) in [6, 6.07) is 2.95. The minimum Gasteiger partial charge on any atom is -0.314 e. The van der Waals surface area contributed by atoms with Crippen LogP contribution in [-0.2, 0) is 6.54 Å². The standard InChI is InChI=1S/C13H22N2S/c1-11-6-9-16-13(11)10-14-8-5-12-4-2-3-7-15-12/h6,9,12,14-15H,2-5,7-8,10H2,1H3. The number of thiophene rings is 1. The van der Waals surface area contributed by atoms with Crippen molar-refractivity contribution in [2.24, 2.45) is 0 Å². The van der Waals surface area contributed by atoms with E-state index < -0.39 is 0 Å². The van der Waals surface area contributed by atoms with Crippen molar-refractivity contribution < 1.29 is 0 Å². The average Bonchev–Trinajstić information content (AvgIpc) is 2.72. The maximum Gasteiger partial charge on any atom is 0.0302 e. The second kappa shape index (κ2) is 6.38. The maximum absolute atomic E-state index is 3.59. The third-order valence-corrected chi connectivity index (χ3v) is 4.36. The fourth-order valence-corrected chi connectivity index (χ4v) is 3.11. The van der Waals surface area contributed by atoms with Gasteiger partial charge in [0.1, 0.15) is 0 Å². The van der Waals surface area contributed by atoms with Gasteiger partial charge in [0.25, 0.3) is 0 Å². The molecule has 1 aliphatic rings. The highest BCUT2D eigenvalue weighted by Gasteiger charge is 2.11. The molecule has 0 bridgehead atoms. The van der Waals surface area contributed by atoms with Crippen LogP contribution in [0.5, 0.6) is 0 Å². The van der Waals surface area contributed by atoms with Gasteiger partial charge in [0, 0.05) is 17.5 Å². The van der Waals surface area contributed by atoms with Gasteiger partial charge >= 0.3 is 0 Å². The van der Waals surface area contributed by atoms with E-state index in [1.165, 1.54) is 42.7 Å². The topological polar surface area (TPSA) is 24.1 Å². The van der Waals surface area contributed by atoms with Crippen LogP contribution in [0.3, 0.4) is 0 Å². The van der Waals surface area contributed by atoms with E-state index in [2.05, 4.69) is 29.0 Å². The lowest BCUT2D eigenvalue weighted by molar-refractivity contribution is 0.376. The molecule has 0 aromatic carbocycles. The largest absolute Gasteiger partial charge is 0.314 e. The Kier molecular flexibility index (Phi) is 4.82. The van der Waals surface area contributed by atoms with Gasteiger partial charge in [-0.1, -0.05) is 6.42 Å². The second-order valence-corrected chi connectivity index (χ2v) is 5.64. The summed E-state index contributed by atoms with van der Waals surface area (Å²) in [6.07, 6.45) is 5.39. The molecule has 90 valence electrons. The van der Waals surface area contributed by atoms with Crippen LogP contribution >= 0.6 is 11.3 Å². The Bertz CT molecular complexity index is 303. The lowest BCUT2D eigenvalue weighted by atomic mass is 10.0. The van der Waals surface area contributed by atoms with Crippen LogP contribution in [0.1, 0.15) is 36.1 Å². The predicted molar refractivity (Wildman–Crippen MR) is 71.0 cm³/mol. The van der Waals surface area contributed by atoms with E-state index in [9.17, 15) is 0 Å². The molecule has 2 heterocycles. The van der Waals surface area contributed by atoms with E-state index in [4.69, 9.17) is 0 Å². The number of hydrogen-bond acceptors (Lipinski definition) is 3. The zero-order valence-electron chi connectivity index (χ0n) is 10.1. The van der Waals surface area contributed by atoms with Gasteiger partial charge in [-0.05, 0) is 56.3 Å². The molecular weight excluding hydrogens is 216 g/mol. The van der Waals surface area contributed by atoms with Gasteiger partial charge in [-0.2, -0.15) is 0 Å². The van der Waals surface area contributed by atoms with Crippen LogP contribution in [-0.4, -0.2) is 19.1 Å². The van der Waals surface area contributed by atoms with Gasteiger partial charge in [0.2, 0.25) is 0 Å². The summed E-state index contributed by atoms with van der Waals surface area (Å²) in [5, 5.41) is 9.31. The van der Waals surface area contributed by atoms with Crippen molar-refractivity contribution in [3.8, 4) is 0 Å². The minimum absolute atomic E-state index is 0.755. The molecule has 2 nitrogen and oxygen atoms in total. The van der Waals surface area contributed by atoms with E-state index in [-0.39, 0.29) is 0 Å². The molecule has 16 heavy (non-hydrogen) atoms. The molecule has 0 saturated carbocycles. The van der Waals surface area contributed by atoms with Crippen molar-refractivity contribution in [2.45, 2.75) is 45.2 Å². The van der Waals surface area contributed by atoms with Gasteiger partial charge in [-0.25, -0.2) is 0 Å². The Morgan fingerprint density at radius 2 is 2.44 bits per heavy atom. The van der Waals surface area contributed by atoms with Crippen LogP contribution in [0.15, 0.2) is 11.4 Å². The fraction of sp³-hybridized carbons (Fsp3) is 0.692. The molecule has 1 fully saturated rings. The molecule has 0 amide bonds. The summed E-state index contributed by atoms with van der Waals surface area (Å²) >= 11 is 1.86. The van der Waals surface area contributed by atoms with Crippen LogP contribution in [0.2, 0.25) is 0 Å². The molecule has 1 aliphatic heterocycles. The summed E-state index contributed by atoms with van der Waals surface area (Å²) in [4.78, 5) is 1.48. The van der Waals surface area contributed by atoms with E-state index in [0.29, 0.717) is 0 Å². The fourth-order valence-electron chi connectivity index (χ4n) is 2.23. The summed E-state index contributed by atoms with van der Waals surface area (Å²) in [7, 11) is 0. The molecule has 0 radical (unpaired) electrons. The van der Waals surface area contributed by atoms with Crippen molar-refractivity contribution in [3.63, 3.8) is 0 Å². The normalized spacial score (nSPS) is 21.2. The predicted octanol–water partition coefficient (Wildman–Crippen LogP) is 2.68. The lowest BCUT2D eigenvalue weighted by Gasteiger charge is -2.23. The Balaban J connectivity index is 1.59. The van der Waals surface area contributed by atoms with Crippen molar-refractivity contribution >= 4 is 11.3 Å². The number of nitrogens with one attached hydrogen (secondary N) is 2. The Morgan fingerprint density at radius 1 is 1.50 bits per heavy atom. The number of piperidine rings is 1. The highest BCUT2D eigenvalue weighted by Crippen LogP contribution is 2.15. The molecular formula is C13H22N2S. The van der Waals surface area contributed by atoms with Crippen LogP contribution in [0, 0.1) is 6.92 Å². The van der Waals surface area contributed by atoms with Crippen LogP contribution in [0.25, 0.3) is 0 Å². The van der Waals surface area contributed by atoms with Crippen LogP contribution < -0.4 is 10.6 Å². The third kappa shape index (κ3) is 3.58. The molecule has 2 rings (SSSR count). The van der Waals surface area contributed by atoms with Gasteiger partial charge in [-0.3, -0.25) is 0 Å². The Labute approximate surface area is 102 Å². The van der Waals surface area contributed by atoms with Gasteiger partial charge < -0.3 is 10.6 Å². The highest BCUT2D eigenvalue weighted by atomic mass is 32.1. The smallest absolute Gasteiger partial charge is 0.0302 e. The Morgan fingerprint density at radius 3 is 3.12 bits per heavy atom. The van der Waals surface area contributed by atoms with Crippen molar-refractivity contribution in [3.05, 3.63) is 21.9 Å².